The van der Waals surface area contributed by atoms with E-state index in [9.17, 15) is 0 Å². The maximum absolute atomic E-state index is 5.79. The van der Waals surface area contributed by atoms with Crippen LogP contribution in [0.25, 0.3) is 16.9 Å². The van der Waals surface area contributed by atoms with Gasteiger partial charge in [0, 0.05) is 23.6 Å². The monoisotopic (exact) mass is 259 g/mol. The Labute approximate surface area is 112 Å². The molecule has 0 aliphatic carbocycles. The molecule has 2 heterocycles. The van der Waals surface area contributed by atoms with Gasteiger partial charge in [-0.25, -0.2) is 4.98 Å². The number of imidazole rings is 1. The van der Waals surface area contributed by atoms with Crippen LogP contribution in [0.4, 0.5) is 5.69 Å². The number of fused-ring (bicyclic) bond motifs is 1. The molecule has 2 aromatic heterocycles. The van der Waals surface area contributed by atoms with Gasteiger partial charge in [0.1, 0.15) is 5.65 Å². The molecule has 0 amide bonds. The lowest BCUT2D eigenvalue weighted by molar-refractivity contribution is 1.16. The fraction of sp³-hybridized carbons (Fsp3) is 0.0714. The predicted octanol–water partition coefficient (Wildman–Crippen LogP) is 3.31. The van der Waals surface area contributed by atoms with Crippen molar-refractivity contribution in [1.29, 1.82) is 0 Å². The van der Waals surface area contributed by atoms with Crippen molar-refractivity contribution in [2.45, 2.75) is 6.92 Å². The Bertz CT molecular complexity index is 688. The second kappa shape index (κ2) is 4.70. The Morgan fingerprint density at radius 3 is 2.72 bits per heavy atom. The zero-order valence-electron chi connectivity index (χ0n) is 10.00. The summed E-state index contributed by atoms with van der Waals surface area (Å²) >= 11 is 0. The third-order valence-electron chi connectivity index (χ3n) is 2.86. The van der Waals surface area contributed by atoms with Gasteiger partial charge in [-0.2, -0.15) is 0 Å². The molecule has 0 fully saturated rings. The molecule has 0 saturated heterocycles. The Hall–Kier alpha value is -2.00. The van der Waals surface area contributed by atoms with Crippen molar-refractivity contribution in [3.63, 3.8) is 0 Å². The van der Waals surface area contributed by atoms with Gasteiger partial charge in [0.25, 0.3) is 0 Å². The van der Waals surface area contributed by atoms with Crippen LogP contribution in [0.1, 0.15) is 5.56 Å². The number of rotatable bonds is 1. The lowest BCUT2D eigenvalue weighted by Gasteiger charge is -1.97. The molecule has 0 spiro atoms. The van der Waals surface area contributed by atoms with E-state index in [-0.39, 0.29) is 12.4 Å². The number of hydrogen-bond acceptors (Lipinski definition) is 2. The summed E-state index contributed by atoms with van der Waals surface area (Å²) < 4.78 is 2.04. The fourth-order valence-corrected chi connectivity index (χ4v) is 1.99. The average Bonchev–Trinajstić information content (AvgIpc) is 2.74. The summed E-state index contributed by atoms with van der Waals surface area (Å²) in [6, 6.07) is 11.9. The van der Waals surface area contributed by atoms with Gasteiger partial charge >= 0.3 is 0 Å². The molecule has 2 N–H and O–H groups in total. The minimum absolute atomic E-state index is 0. The first kappa shape index (κ1) is 12.5. The lowest BCUT2D eigenvalue weighted by Crippen LogP contribution is -1.85. The first-order valence-electron chi connectivity index (χ1n) is 5.54. The maximum Gasteiger partial charge on any atom is 0.140 e. The summed E-state index contributed by atoms with van der Waals surface area (Å²) in [5, 5.41) is 0. The molecule has 3 aromatic rings. The van der Waals surface area contributed by atoms with Gasteiger partial charge < -0.3 is 10.1 Å². The molecule has 18 heavy (non-hydrogen) atoms. The largest absolute Gasteiger partial charge is 0.399 e. The maximum atomic E-state index is 5.79. The number of halogens is 1. The molecule has 92 valence electrons. The van der Waals surface area contributed by atoms with Crippen molar-refractivity contribution in [3.8, 4) is 11.3 Å². The molecule has 0 aliphatic heterocycles. The van der Waals surface area contributed by atoms with Crippen LogP contribution in [-0.4, -0.2) is 9.38 Å². The summed E-state index contributed by atoms with van der Waals surface area (Å²) in [6.07, 6.45) is 4.03. The number of aromatic nitrogens is 2. The average molecular weight is 260 g/mol. The van der Waals surface area contributed by atoms with Crippen LogP contribution in [-0.2, 0) is 0 Å². The van der Waals surface area contributed by atoms with E-state index < -0.39 is 0 Å². The Morgan fingerprint density at radius 2 is 2.00 bits per heavy atom. The lowest BCUT2D eigenvalue weighted by atomic mass is 10.1. The summed E-state index contributed by atoms with van der Waals surface area (Å²) in [5.74, 6) is 0. The number of nitrogens with zero attached hydrogens (tertiary/aromatic N) is 2. The smallest absolute Gasteiger partial charge is 0.140 e. The van der Waals surface area contributed by atoms with Crippen molar-refractivity contribution in [2.75, 3.05) is 5.73 Å². The SMILES string of the molecule is Cc1cccn2cc(-c3cccc(N)c3)nc12.Cl. The number of benzene rings is 1. The van der Waals surface area contributed by atoms with E-state index in [1.807, 2.05) is 47.1 Å². The highest BCUT2D eigenvalue weighted by Crippen LogP contribution is 2.22. The normalized spacial score (nSPS) is 10.3. The molecule has 0 bridgehead atoms. The van der Waals surface area contributed by atoms with Gasteiger partial charge in [0.2, 0.25) is 0 Å². The molecule has 0 radical (unpaired) electrons. The number of anilines is 1. The highest BCUT2D eigenvalue weighted by atomic mass is 35.5. The highest BCUT2D eigenvalue weighted by molar-refractivity contribution is 5.85. The third kappa shape index (κ3) is 2.05. The zero-order chi connectivity index (χ0) is 11.8. The van der Waals surface area contributed by atoms with Crippen molar-refractivity contribution in [3.05, 3.63) is 54.4 Å². The number of pyridine rings is 1. The van der Waals surface area contributed by atoms with E-state index in [0.29, 0.717) is 0 Å². The van der Waals surface area contributed by atoms with Crippen LogP contribution >= 0.6 is 12.4 Å². The minimum atomic E-state index is 0. The van der Waals surface area contributed by atoms with Gasteiger partial charge in [-0.05, 0) is 30.7 Å². The third-order valence-corrected chi connectivity index (χ3v) is 2.86. The summed E-state index contributed by atoms with van der Waals surface area (Å²) in [7, 11) is 0. The predicted molar refractivity (Wildman–Crippen MR) is 77.0 cm³/mol. The van der Waals surface area contributed by atoms with E-state index in [4.69, 9.17) is 5.73 Å². The van der Waals surface area contributed by atoms with E-state index in [2.05, 4.69) is 18.0 Å². The molecule has 3 rings (SSSR count). The van der Waals surface area contributed by atoms with Crippen LogP contribution in [0.2, 0.25) is 0 Å². The zero-order valence-corrected chi connectivity index (χ0v) is 10.8. The minimum Gasteiger partial charge on any atom is -0.399 e. The quantitative estimate of drug-likeness (QED) is 0.682. The standard InChI is InChI=1S/C14H13N3.ClH/c1-10-4-3-7-17-9-13(16-14(10)17)11-5-2-6-12(15)8-11;/h2-9H,15H2,1H3;1H. The van der Waals surface area contributed by atoms with Gasteiger partial charge in [-0.1, -0.05) is 18.2 Å². The van der Waals surface area contributed by atoms with E-state index in [1.165, 1.54) is 5.56 Å². The first-order chi connectivity index (χ1) is 8.24. The molecule has 0 unspecified atom stereocenters. The van der Waals surface area contributed by atoms with Crippen molar-refractivity contribution < 1.29 is 0 Å². The molecular weight excluding hydrogens is 246 g/mol. The molecular formula is C14H14ClN3. The van der Waals surface area contributed by atoms with Crippen LogP contribution in [0.15, 0.2) is 48.8 Å². The molecule has 0 aliphatic rings. The van der Waals surface area contributed by atoms with Gasteiger partial charge in [-0.3, -0.25) is 0 Å². The molecule has 0 saturated carbocycles. The molecule has 4 heteroatoms. The second-order valence-electron chi connectivity index (χ2n) is 4.17. The van der Waals surface area contributed by atoms with Crippen LogP contribution < -0.4 is 5.73 Å². The van der Waals surface area contributed by atoms with E-state index >= 15 is 0 Å². The molecule has 0 atom stereocenters. The number of hydrogen-bond donors (Lipinski definition) is 1. The summed E-state index contributed by atoms with van der Waals surface area (Å²) in [6.45, 7) is 2.06. The fourth-order valence-electron chi connectivity index (χ4n) is 1.99. The van der Waals surface area contributed by atoms with Crippen LogP contribution in [0, 0.1) is 6.92 Å². The van der Waals surface area contributed by atoms with Crippen molar-refractivity contribution in [1.82, 2.24) is 9.38 Å². The second-order valence-corrected chi connectivity index (χ2v) is 4.17. The van der Waals surface area contributed by atoms with E-state index in [0.717, 1.165) is 22.6 Å². The van der Waals surface area contributed by atoms with Gasteiger partial charge in [0.15, 0.2) is 0 Å². The van der Waals surface area contributed by atoms with Crippen molar-refractivity contribution >= 4 is 23.7 Å². The highest BCUT2D eigenvalue weighted by Gasteiger charge is 2.05. The number of nitrogens with two attached hydrogens (primary N) is 1. The topological polar surface area (TPSA) is 43.3 Å². The Kier molecular flexibility index (Phi) is 3.26. The first-order valence-corrected chi connectivity index (χ1v) is 5.54. The summed E-state index contributed by atoms with van der Waals surface area (Å²) in [5.41, 5.74) is 10.7. The molecule has 3 nitrogen and oxygen atoms in total. The Morgan fingerprint density at radius 1 is 1.17 bits per heavy atom. The van der Waals surface area contributed by atoms with Gasteiger partial charge in [-0.15, -0.1) is 12.4 Å². The Balaban J connectivity index is 0.00000120. The van der Waals surface area contributed by atoms with Crippen LogP contribution in [0.5, 0.6) is 0 Å². The van der Waals surface area contributed by atoms with Gasteiger partial charge in [0.05, 0.1) is 5.69 Å². The number of aryl methyl sites for hydroxylation is 1. The van der Waals surface area contributed by atoms with Crippen LogP contribution in [0.3, 0.4) is 0 Å². The number of nitrogen functional groups attached to an aromatic ring is 1. The molecule has 1 aromatic carbocycles. The van der Waals surface area contributed by atoms with Crippen molar-refractivity contribution in [2.24, 2.45) is 0 Å². The van der Waals surface area contributed by atoms with E-state index in [1.54, 1.807) is 0 Å². The summed E-state index contributed by atoms with van der Waals surface area (Å²) in [4.78, 5) is 4.63.